The molecule has 5 heteroatoms. The van der Waals surface area contributed by atoms with Gasteiger partial charge in [0, 0.05) is 0 Å². The van der Waals surface area contributed by atoms with Crippen LogP contribution in [0.5, 0.6) is 11.5 Å². The average Bonchev–Trinajstić information content (AvgIpc) is 3.15. The van der Waals surface area contributed by atoms with Gasteiger partial charge in [-0.3, -0.25) is 9.69 Å². The number of rotatable bonds is 4. The normalized spacial score (nSPS) is 13.0. The van der Waals surface area contributed by atoms with Crippen LogP contribution in [0.15, 0.2) is 71.1 Å². The van der Waals surface area contributed by atoms with E-state index in [9.17, 15) is 4.79 Å². The zero-order valence-electron chi connectivity index (χ0n) is 13.6. The lowest BCUT2D eigenvalue weighted by atomic mass is 10.2. The first-order valence-corrected chi connectivity index (χ1v) is 8.11. The number of furan rings is 1. The van der Waals surface area contributed by atoms with Crippen LogP contribution in [-0.4, -0.2) is 19.1 Å². The highest BCUT2D eigenvalue weighted by Gasteiger charge is 2.26. The van der Waals surface area contributed by atoms with E-state index in [1.54, 1.807) is 17.0 Å². The molecule has 0 N–H and O–H groups in total. The van der Waals surface area contributed by atoms with Crippen molar-refractivity contribution in [1.82, 2.24) is 0 Å². The van der Waals surface area contributed by atoms with Crippen molar-refractivity contribution in [2.75, 3.05) is 18.1 Å². The Balaban J connectivity index is 1.48. The van der Waals surface area contributed by atoms with Crippen LogP contribution in [0.4, 0.5) is 5.69 Å². The molecule has 2 heterocycles. The van der Waals surface area contributed by atoms with Gasteiger partial charge >= 0.3 is 0 Å². The number of amides is 1. The molecule has 0 bridgehead atoms. The predicted molar refractivity (Wildman–Crippen MR) is 93.1 cm³/mol. The summed E-state index contributed by atoms with van der Waals surface area (Å²) in [5, 5.41) is 0. The maximum Gasteiger partial charge on any atom is 0.294 e. The van der Waals surface area contributed by atoms with E-state index in [-0.39, 0.29) is 12.5 Å². The zero-order valence-corrected chi connectivity index (χ0v) is 13.6. The van der Waals surface area contributed by atoms with Gasteiger partial charge in [-0.2, -0.15) is 0 Å². The van der Waals surface area contributed by atoms with Crippen LogP contribution in [0, 0.1) is 0 Å². The molecule has 5 nitrogen and oxygen atoms in total. The molecule has 126 valence electrons. The molecular weight excluding hydrogens is 318 g/mol. The van der Waals surface area contributed by atoms with E-state index >= 15 is 0 Å². The van der Waals surface area contributed by atoms with Crippen molar-refractivity contribution in [2.45, 2.75) is 6.61 Å². The van der Waals surface area contributed by atoms with Gasteiger partial charge in [0.2, 0.25) is 0 Å². The molecular formula is C20H17NO4. The molecule has 4 rings (SSSR count). The summed E-state index contributed by atoms with van der Waals surface area (Å²) in [6.45, 7) is 1.23. The molecule has 2 aromatic carbocycles. The quantitative estimate of drug-likeness (QED) is 0.726. The molecule has 0 atom stereocenters. The minimum absolute atomic E-state index is 0.179. The van der Waals surface area contributed by atoms with Crippen LogP contribution in [0.3, 0.4) is 0 Å². The Hall–Kier alpha value is -3.21. The Kier molecular flexibility index (Phi) is 4.12. The summed E-state index contributed by atoms with van der Waals surface area (Å²) in [6, 6.07) is 20.4. The van der Waals surface area contributed by atoms with E-state index < -0.39 is 0 Å². The van der Waals surface area contributed by atoms with Crippen molar-refractivity contribution >= 4 is 11.6 Å². The Morgan fingerprint density at radius 1 is 1.00 bits per heavy atom. The number of benzene rings is 2. The molecule has 0 radical (unpaired) electrons. The highest BCUT2D eigenvalue weighted by molar-refractivity contribution is 6.05. The lowest BCUT2D eigenvalue weighted by Gasteiger charge is -2.28. The Morgan fingerprint density at radius 2 is 1.80 bits per heavy atom. The molecule has 1 aliphatic rings. The number of hydrogen-bond donors (Lipinski definition) is 0. The number of para-hydroxylation sites is 3. The fraction of sp³-hybridized carbons (Fsp3) is 0.150. The monoisotopic (exact) mass is 335 g/mol. The van der Waals surface area contributed by atoms with Gasteiger partial charge < -0.3 is 13.9 Å². The van der Waals surface area contributed by atoms with Crippen molar-refractivity contribution in [2.24, 2.45) is 0 Å². The van der Waals surface area contributed by atoms with Gasteiger partial charge in [0.25, 0.3) is 5.91 Å². The summed E-state index contributed by atoms with van der Waals surface area (Å²) in [5.74, 6) is 2.19. The molecule has 0 aliphatic carbocycles. The second kappa shape index (κ2) is 6.73. The van der Waals surface area contributed by atoms with Crippen molar-refractivity contribution in [3.63, 3.8) is 0 Å². The van der Waals surface area contributed by atoms with Crippen molar-refractivity contribution in [3.8, 4) is 11.5 Å². The van der Waals surface area contributed by atoms with Crippen molar-refractivity contribution in [3.05, 3.63) is 78.3 Å². The largest absolute Gasteiger partial charge is 0.490 e. The van der Waals surface area contributed by atoms with Gasteiger partial charge in [0.1, 0.15) is 30.5 Å². The maximum absolute atomic E-state index is 12.8. The SMILES string of the molecule is O=C(c1ccc(COc2ccccc2)o1)N1CCOc2ccccc21. The third-order valence-electron chi connectivity index (χ3n) is 3.97. The number of carbonyl (C=O) groups is 1. The Labute approximate surface area is 145 Å². The molecule has 25 heavy (non-hydrogen) atoms. The third kappa shape index (κ3) is 3.21. The van der Waals surface area contributed by atoms with Crippen LogP contribution in [0.1, 0.15) is 16.3 Å². The number of nitrogens with zero attached hydrogens (tertiary/aromatic N) is 1. The summed E-state index contributed by atoms with van der Waals surface area (Å²) in [5.41, 5.74) is 0.761. The number of ether oxygens (including phenoxy) is 2. The minimum Gasteiger partial charge on any atom is -0.490 e. The maximum atomic E-state index is 12.8. The summed E-state index contributed by atoms with van der Waals surface area (Å²) in [4.78, 5) is 14.5. The Morgan fingerprint density at radius 3 is 2.68 bits per heavy atom. The van der Waals surface area contributed by atoms with Crippen LogP contribution >= 0.6 is 0 Å². The van der Waals surface area contributed by atoms with E-state index in [1.807, 2.05) is 54.6 Å². The van der Waals surface area contributed by atoms with Crippen LogP contribution in [0.2, 0.25) is 0 Å². The fourth-order valence-corrected chi connectivity index (χ4v) is 2.76. The van der Waals surface area contributed by atoms with E-state index in [0.29, 0.717) is 30.4 Å². The molecule has 0 saturated heterocycles. The van der Waals surface area contributed by atoms with E-state index in [1.165, 1.54) is 0 Å². The number of fused-ring (bicyclic) bond motifs is 1. The number of carbonyl (C=O) groups excluding carboxylic acids is 1. The molecule has 3 aromatic rings. The third-order valence-corrected chi connectivity index (χ3v) is 3.97. The highest BCUT2D eigenvalue weighted by Crippen LogP contribution is 2.32. The molecule has 0 unspecified atom stereocenters. The lowest BCUT2D eigenvalue weighted by molar-refractivity contribution is 0.0946. The first-order chi connectivity index (χ1) is 12.3. The second-order valence-corrected chi connectivity index (χ2v) is 5.64. The molecule has 1 aliphatic heterocycles. The van der Waals surface area contributed by atoms with E-state index in [4.69, 9.17) is 13.9 Å². The Bertz CT molecular complexity index is 872. The fourth-order valence-electron chi connectivity index (χ4n) is 2.76. The van der Waals surface area contributed by atoms with E-state index in [0.717, 1.165) is 11.4 Å². The summed E-state index contributed by atoms with van der Waals surface area (Å²) >= 11 is 0. The number of anilines is 1. The van der Waals surface area contributed by atoms with Crippen LogP contribution in [0.25, 0.3) is 0 Å². The predicted octanol–water partition coefficient (Wildman–Crippen LogP) is 3.90. The van der Waals surface area contributed by atoms with Gasteiger partial charge in [-0.25, -0.2) is 0 Å². The van der Waals surface area contributed by atoms with Crippen molar-refractivity contribution in [1.29, 1.82) is 0 Å². The smallest absolute Gasteiger partial charge is 0.294 e. The zero-order chi connectivity index (χ0) is 17.1. The number of hydrogen-bond acceptors (Lipinski definition) is 4. The summed E-state index contributed by atoms with van der Waals surface area (Å²) in [6.07, 6.45) is 0. The standard InChI is InChI=1S/C20H17NO4/c22-20(21-12-13-23-18-9-5-4-8-17(18)21)19-11-10-16(25-19)14-24-15-6-2-1-3-7-15/h1-11H,12-14H2. The summed E-state index contributed by atoms with van der Waals surface area (Å²) < 4.78 is 16.9. The van der Waals surface area contributed by atoms with Gasteiger partial charge in [0.05, 0.1) is 12.2 Å². The van der Waals surface area contributed by atoms with E-state index in [2.05, 4.69) is 0 Å². The topological polar surface area (TPSA) is 51.9 Å². The van der Waals surface area contributed by atoms with Gasteiger partial charge in [-0.15, -0.1) is 0 Å². The van der Waals surface area contributed by atoms with Crippen LogP contribution in [-0.2, 0) is 6.61 Å². The van der Waals surface area contributed by atoms with Gasteiger partial charge in [-0.05, 0) is 36.4 Å². The van der Waals surface area contributed by atoms with Gasteiger partial charge in [-0.1, -0.05) is 30.3 Å². The first kappa shape index (κ1) is 15.3. The highest BCUT2D eigenvalue weighted by atomic mass is 16.5. The summed E-state index contributed by atoms with van der Waals surface area (Å²) in [7, 11) is 0. The van der Waals surface area contributed by atoms with Gasteiger partial charge in [0.15, 0.2) is 5.76 Å². The first-order valence-electron chi connectivity index (χ1n) is 8.11. The molecule has 1 aromatic heterocycles. The molecule has 0 spiro atoms. The molecule has 1 amide bonds. The van der Waals surface area contributed by atoms with Crippen LogP contribution < -0.4 is 14.4 Å². The minimum atomic E-state index is -0.179. The second-order valence-electron chi connectivity index (χ2n) is 5.64. The molecule has 0 saturated carbocycles. The average molecular weight is 335 g/mol. The molecule has 0 fully saturated rings. The lowest BCUT2D eigenvalue weighted by Crippen LogP contribution is -2.37. The van der Waals surface area contributed by atoms with Crippen molar-refractivity contribution < 1.29 is 18.7 Å².